The highest BCUT2D eigenvalue weighted by Crippen LogP contribution is 2.23. The molecule has 0 bridgehead atoms. The minimum atomic E-state index is -4.46. The first-order chi connectivity index (χ1) is 7.92. The second kappa shape index (κ2) is 5.70. The fraction of sp³-hybridized carbons (Fsp3) is 0.417. The van der Waals surface area contributed by atoms with E-state index in [9.17, 15) is 18.0 Å². The van der Waals surface area contributed by atoms with Crippen LogP contribution in [0.25, 0.3) is 0 Å². The van der Waals surface area contributed by atoms with Crippen molar-refractivity contribution in [2.45, 2.75) is 25.9 Å². The summed E-state index contributed by atoms with van der Waals surface area (Å²) in [4.78, 5) is 11.2. The Balaban J connectivity index is 2.64. The molecule has 0 N–H and O–H groups in total. The number of alkyl halides is 3. The van der Waals surface area contributed by atoms with Crippen LogP contribution in [0.2, 0.25) is 0 Å². The molecule has 1 aromatic rings. The van der Waals surface area contributed by atoms with Gasteiger partial charge in [0.25, 0.3) is 0 Å². The number of rotatable bonds is 5. The number of halogens is 3. The lowest BCUT2D eigenvalue weighted by molar-refractivity contribution is -0.125. The number of Topliss-reactive ketones (excluding diaryl/α,β-unsaturated/α-hetero) is 1. The molecule has 0 amide bonds. The third-order valence-corrected chi connectivity index (χ3v) is 2.01. The topological polar surface area (TPSA) is 26.3 Å². The number of benzene rings is 1. The van der Waals surface area contributed by atoms with Gasteiger partial charge in [-0.2, -0.15) is 13.2 Å². The second-order valence-electron chi connectivity index (χ2n) is 3.59. The van der Waals surface area contributed by atoms with E-state index in [1.807, 2.05) is 6.92 Å². The molecule has 0 unspecified atom stereocenters. The molecule has 0 radical (unpaired) electrons. The summed E-state index contributed by atoms with van der Waals surface area (Å²) >= 11 is 0. The monoisotopic (exact) mass is 246 g/mol. The predicted octanol–water partition coefficient (Wildman–Crippen LogP) is 3.61. The number of hydrogen-bond donors (Lipinski definition) is 0. The van der Waals surface area contributed by atoms with Gasteiger partial charge in [0, 0.05) is 5.56 Å². The molecular formula is C12H13F3O2. The molecule has 2 nitrogen and oxygen atoms in total. The van der Waals surface area contributed by atoms with E-state index in [1.54, 1.807) is 0 Å². The maximum Gasteiger partial charge on any atom is 0.396 e. The number of carbonyl (C=O) groups is 1. The Bertz CT molecular complexity index is 368. The summed E-state index contributed by atoms with van der Waals surface area (Å²) in [6.07, 6.45) is -5.05. The maximum absolute atomic E-state index is 12.0. The lowest BCUT2D eigenvalue weighted by atomic mass is 10.1. The van der Waals surface area contributed by atoms with Crippen molar-refractivity contribution < 1.29 is 22.7 Å². The van der Waals surface area contributed by atoms with Gasteiger partial charge in [0.15, 0.2) is 5.78 Å². The zero-order chi connectivity index (χ0) is 12.9. The van der Waals surface area contributed by atoms with E-state index >= 15 is 0 Å². The van der Waals surface area contributed by atoms with E-state index in [0.29, 0.717) is 12.4 Å². The number of ether oxygens (including phenoxy) is 1. The van der Waals surface area contributed by atoms with Crippen molar-refractivity contribution in [3.8, 4) is 5.75 Å². The molecule has 1 rings (SSSR count). The molecule has 5 heteroatoms. The summed E-state index contributed by atoms with van der Waals surface area (Å²) in [6.45, 7) is 2.48. The third-order valence-electron chi connectivity index (χ3n) is 2.01. The van der Waals surface area contributed by atoms with Crippen LogP contribution >= 0.6 is 0 Å². The molecule has 0 aliphatic rings. The molecular weight excluding hydrogens is 233 g/mol. The van der Waals surface area contributed by atoms with Crippen molar-refractivity contribution >= 4 is 5.78 Å². The number of ketones is 1. The van der Waals surface area contributed by atoms with Crippen molar-refractivity contribution in [1.82, 2.24) is 0 Å². The average Bonchev–Trinajstić information content (AvgIpc) is 2.24. The molecule has 0 atom stereocenters. The van der Waals surface area contributed by atoms with Gasteiger partial charge >= 0.3 is 6.18 Å². The Hall–Kier alpha value is -1.52. The molecule has 0 saturated carbocycles. The van der Waals surface area contributed by atoms with Crippen LogP contribution in [0.4, 0.5) is 13.2 Å². The smallest absolute Gasteiger partial charge is 0.396 e. The van der Waals surface area contributed by atoms with Gasteiger partial charge in [0.05, 0.1) is 6.61 Å². The Morgan fingerprint density at radius 2 is 1.82 bits per heavy atom. The van der Waals surface area contributed by atoms with Crippen LogP contribution in [0.15, 0.2) is 24.3 Å². The second-order valence-corrected chi connectivity index (χ2v) is 3.59. The summed E-state index contributed by atoms with van der Waals surface area (Å²) in [7, 11) is 0. The van der Waals surface area contributed by atoms with Crippen molar-refractivity contribution in [1.29, 1.82) is 0 Å². The molecule has 94 valence electrons. The summed E-state index contributed by atoms with van der Waals surface area (Å²) in [5, 5.41) is 0. The van der Waals surface area contributed by atoms with Gasteiger partial charge < -0.3 is 4.74 Å². The highest BCUT2D eigenvalue weighted by molar-refractivity contribution is 5.96. The van der Waals surface area contributed by atoms with Crippen molar-refractivity contribution in [2.24, 2.45) is 0 Å². The standard InChI is InChI=1S/C12H13F3O2/c1-2-7-17-10-5-3-9(4-6-10)11(16)8-12(13,14)15/h3-6H,2,7-8H2,1H3. The SMILES string of the molecule is CCCOc1ccc(C(=O)CC(F)(F)F)cc1. The van der Waals surface area contributed by atoms with Gasteiger partial charge in [-0.1, -0.05) is 6.92 Å². The minimum Gasteiger partial charge on any atom is -0.494 e. The lowest BCUT2D eigenvalue weighted by Crippen LogP contribution is -2.14. The van der Waals surface area contributed by atoms with Gasteiger partial charge in [-0.15, -0.1) is 0 Å². The summed E-state index contributed by atoms with van der Waals surface area (Å²) < 4.78 is 41.2. The van der Waals surface area contributed by atoms with Crippen LogP contribution in [0.5, 0.6) is 5.75 Å². The molecule has 0 aromatic heterocycles. The van der Waals surface area contributed by atoms with E-state index in [2.05, 4.69) is 0 Å². The van der Waals surface area contributed by atoms with E-state index in [1.165, 1.54) is 24.3 Å². The Morgan fingerprint density at radius 3 is 2.29 bits per heavy atom. The van der Waals surface area contributed by atoms with Crippen molar-refractivity contribution in [2.75, 3.05) is 6.61 Å². The minimum absolute atomic E-state index is 0.0474. The fourth-order valence-corrected chi connectivity index (χ4v) is 1.24. The van der Waals surface area contributed by atoms with E-state index in [-0.39, 0.29) is 5.56 Å². The van der Waals surface area contributed by atoms with Gasteiger partial charge in [0.1, 0.15) is 12.2 Å². The van der Waals surface area contributed by atoms with Crippen LogP contribution in [0, 0.1) is 0 Å². The largest absolute Gasteiger partial charge is 0.494 e. The molecule has 0 aliphatic carbocycles. The van der Waals surface area contributed by atoms with E-state index < -0.39 is 18.4 Å². The summed E-state index contributed by atoms with van der Waals surface area (Å²) in [5.41, 5.74) is 0.0474. The predicted molar refractivity (Wildman–Crippen MR) is 57.2 cm³/mol. The van der Waals surface area contributed by atoms with Crippen molar-refractivity contribution in [3.05, 3.63) is 29.8 Å². The summed E-state index contributed by atoms with van der Waals surface area (Å²) in [5.74, 6) is -0.380. The molecule has 17 heavy (non-hydrogen) atoms. The number of carbonyl (C=O) groups excluding carboxylic acids is 1. The molecule has 0 fully saturated rings. The van der Waals surface area contributed by atoms with Crippen LogP contribution in [0.3, 0.4) is 0 Å². The van der Waals surface area contributed by atoms with Gasteiger partial charge in [0.2, 0.25) is 0 Å². The zero-order valence-corrected chi connectivity index (χ0v) is 9.38. The molecule has 0 aliphatic heterocycles. The Labute approximate surface area is 97.4 Å². The lowest BCUT2D eigenvalue weighted by Gasteiger charge is -2.07. The Kier molecular flexibility index (Phi) is 4.54. The van der Waals surface area contributed by atoms with Crippen molar-refractivity contribution in [3.63, 3.8) is 0 Å². The average molecular weight is 246 g/mol. The Morgan fingerprint density at radius 1 is 1.24 bits per heavy atom. The fourth-order valence-electron chi connectivity index (χ4n) is 1.24. The first kappa shape index (κ1) is 13.5. The molecule has 0 heterocycles. The van der Waals surface area contributed by atoms with Gasteiger partial charge in [-0.05, 0) is 30.7 Å². The van der Waals surface area contributed by atoms with E-state index in [4.69, 9.17) is 4.74 Å². The third kappa shape index (κ3) is 4.89. The molecule has 0 saturated heterocycles. The quantitative estimate of drug-likeness (QED) is 0.742. The first-order valence-electron chi connectivity index (χ1n) is 5.25. The molecule has 1 aromatic carbocycles. The zero-order valence-electron chi connectivity index (χ0n) is 9.38. The highest BCUT2D eigenvalue weighted by atomic mass is 19.4. The van der Waals surface area contributed by atoms with Crippen LogP contribution < -0.4 is 4.74 Å². The highest BCUT2D eigenvalue weighted by Gasteiger charge is 2.31. The number of hydrogen-bond acceptors (Lipinski definition) is 2. The summed E-state index contributed by atoms with van der Waals surface area (Å²) in [6, 6.07) is 5.69. The first-order valence-corrected chi connectivity index (χ1v) is 5.25. The maximum atomic E-state index is 12.0. The molecule has 0 spiro atoms. The van der Waals surface area contributed by atoms with E-state index in [0.717, 1.165) is 6.42 Å². The van der Waals surface area contributed by atoms with Crippen LogP contribution in [-0.4, -0.2) is 18.6 Å². The normalized spacial score (nSPS) is 11.3. The van der Waals surface area contributed by atoms with Gasteiger partial charge in [-0.25, -0.2) is 0 Å². The van der Waals surface area contributed by atoms with Crippen LogP contribution in [0.1, 0.15) is 30.1 Å². The van der Waals surface area contributed by atoms with Crippen LogP contribution in [-0.2, 0) is 0 Å². The van der Waals surface area contributed by atoms with Gasteiger partial charge in [-0.3, -0.25) is 4.79 Å².